The second-order valence-electron chi connectivity index (χ2n) is 7.36. The van der Waals surface area contributed by atoms with Gasteiger partial charge in [-0.2, -0.15) is 0 Å². The van der Waals surface area contributed by atoms with E-state index in [0.29, 0.717) is 24.5 Å². The van der Waals surface area contributed by atoms with Crippen LogP contribution in [0.4, 0.5) is 10.5 Å². The molecule has 3 heterocycles. The number of fused-ring (bicyclic) bond motifs is 1. The Labute approximate surface area is 164 Å². The van der Waals surface area contributed by atoms with Crippen LogP contribution in [0.1, 0.15) is 38.1 Å². The molecule has 0 aliphatic carbocycles. The molecular weight excluding hydrogens is 354 g/mol. The number of para-hydroxylation sites is 2. The molecule has 2 aromatic heterocycles. The summed E-state index contributed by atoms with van der Waals surface area (Å²) in [6.07, 6.45) is 4.53. The van der Waals surface area contributed by atoms with Crippen molar-refractivity contribution in [2.24, 2.45) is 0 Å². The van der Waals surface area contributed by atoms with E-state index in [1.807, 2.05) is 41.4 Å². The zero-order chi connectivity index (χ0) is 19.7. The van der Waals surface area contributed by atoms with Crippen LogP contribution in [-0.2, 0) is 0 Å². The zero-order valence-corrected chi connectivity index (χ0v) is 16.4. The second-order valence-corrected chi connectivity index (χ2v) is 7.36. The molecule has 1 aliphatic rings. The summed E-state index contributed by atoms with van der Waals surface area (Å²) in [5.41, 5.74) is 2.68. The fourth-order valence-electron chi connectivity index (χ4n) is 3.89. The van der Waals surface area contributed by atoms with Crippen molar-refractivity contribution >= 4 is 22.8 Å². The summed E-state index contributed by atoms with van der Waals surface area (Å²) in [6, 6.07) is 9.55. The number of carbonyl (C=O) groups is 1. The molecule has 0 radical (unpaired) electrons. The molecule has 1 aromatic carbocycles. The Morgan fingerprint density at radius 2 is 2.11 bits per heavy atom. The normalized spacial score (nSPS) is 16.7. The van der Waals surface area contributed by atoms with Gasteiger partial charge in [-0.1, -0.05) is 12.1 Å². The van der Waals surface area contributed by atoms with E-state index in [9.17, 15) is 4.79 Å². The van der Waals surface area contributed by atoms with Crippen molar-refractivity contribution in [3.8, 4) is 5.75 Å². The predicted molar refractivity (Wildman–Crippen MR) is 109 cm³/mol. The number of rotatable bonds is 4. The summed E-state index contributed by atoms with van der Waals surface area (Å²) in [5.74, 6) is 1.89. The summed E-state index contributed by atoms with van der Waals surface area (Å²) in [4.78, 5) is 23.7. The number of methoxy groups -OCH3 is 1. The van der Waals surface area contributed by atoms with E-state index in [1.165, 1.54) is 0 Å². The number of imidazole rings is 1. The lowest BCUT2D eigenvalue weighted by molar-refractivity contribution is 0.221. The number of hydrogen-bond donors (Lipinski definition) is 1. The molecule has 146 valence electrons. The predicted octanol–water partition coefficient (Wildman–Crippen LogP) is 4.04. The first-order valence-electron chi connectivity index (χ1n) is 9.59. The van der Waals surface area contributed by atoms with Crippen molar-refractivity contribution in [2.45, 2.75) is 32.2 Å². The number of nitrogens with one attached hydrogen (secondary N) is 1. The fraction of sp³-hybridized carbons (Fsp3) is 0.381. The molecular formula is C21H25N5O2. The Bertz CT molecular complexity index is 997. The van der Waals surface area contributed by atoms with Crippen LogP contribution in [0.2, 0.25) is 0 Å². The summed E-state index contributed by atoms with van der Waals surface area (Å²) < 4.78 is 7.57. The lowest BCUT2D eigenvalue weighted by Crippen LogP contribution is -2.33. The van der Waals surface area contributed by atoms with Gasteiger partial charge in [-0.25, -0.2) is 9.78 Å². The van der Waals surface area contributed by atoms with Crippen LogP contribution < -0.4 is 10.1 Å². The molecule has 7 heteroatoms. The number of amides is 2. The van der Waals surface area contributed by atoms with Gasteiger partial charge < -0.3 is 19.5 Å². The average Bonchev–Trinajstić information content (AvgIpc) is 3.33. The minimum Gasteiger partial charge on any atom is -0.495 e. The lowest BCUT2D eigenvalue weighted by atomic mass is 10.1. The Kier molecular flexibility index (Phi) is 4.90. The molecule has 28 heavy (non-hydrogen) atoms. The van der Waals surface area contributed by atoms with Gasteiger partial charge in [0.1, 0.15) is 11.6 Å². The van der Waals surface area contributed by atoms with Crippen molar-refractivity contribution in [1.82, 2.24) is 19.4 Å². The molecule has 1 atom stereocenters. The van der Waals surface area contributed by atoms with Crippen molar-refractivity contribution < 1.29 is 9.53 Å². The maximum atomic E-state index is 12.8. The number of hydrogen-bond acceptors (Lipinski definition) is 4. The molecule has 0 bridgehead atoms. The van der Waals surface area contributed by atoms with Crippen molar-refractivity contribution in [3.05, 3.63) is 48.5 Å². The molecule has 7 nitrogen and oxygen atoms in total. The standard InChI is InChI=1S/C21H25N5O2/c1-14(2)26-18-12-22-10-8-16(18)23-20(26)15-9-11-25(13-15)21(27)24-17-6-4-5-7-19(17)28-3/h4-8,10,12,14-15H,9,11,13H2,1-3H3,(H,24,27)/t15-/m0/s1. The third kappa shape index (κ3) is 3.28. The van der Waals surface area contributed by atoms with Gasteiger partial charge in [0.15, 0.2) is 0 Å². The molecule has 1 N–H and O–H groups in total. The van der Waals surface area contributed by atoms with E-state index in [4.69, 9.17) is 9.72 Å². The van der Waals surface area contributed by atoms with E-state index < -0.39 is 0 Å². The van der Waals surface area contributed by atoms with Gasteiger partial charge in [0.25, 0.3) is 0 Å². The number of carbonyl (C=O) groups excluding carboxylic acids is 1. The monoisotopic (exact) mass is 379 g/mol. The minimum atomic E-state index is -0.110. The smallest absolute Gasteiger partial charge is 0.321 e. The quantitative estimate of drug-likeness (QED) is 0.742. The maximum Gasteiger partial charge on any atom is 0.321 e. The maximum absolute atomic E-state index is 12.8. The number of nitrogens with zero attached hydrogens (tertiary/aromatic N) is 4. The molecule has 3 aromatic rings. The number of urea groups is 1. The van der Waals surface area contributed by atoms with E-state index in [1.54, 1.807) is 13.3 Å². The van der Waals surface area contributed by atoms with Crippen LogP contribution >= 0.6 is 0 Å². The Morgan fingerprint density at radius 1 is 1.29 bits per heavy atom. The van der Waals surface area contributed by atoms with Gasteiger partial charge in [-0.15, -0.1) is 0 Å². The Morgan fingerprint density at radius 3 is 2.89 bits per heavy atom. The third-order valence-electron chi connectivity index (χ3n) is 5.22. The number of benzene rings is 1. The van der Waals surface area contributed by atoms with E-state index in [2.05, 4.69) is 28.7 Å². The van der Waals surface area contributed by atoms with Gasteiger partial charge in [0.05, 0.1) is 30.0 Å². The minimum absolute atomic E-state index is 0.110. The van der Waals surface area contributed by atoms with Crippen LogP contribution in [0.5, 0.6) is 5.75 Å². The molecule has 1 saturated heterocycles. The highest BCUT2D eigenvalue weighted by atomic mass is 16.5. The lowest BCUT2D eigenvalue weighted by Gasteiger charge is -2.19. The molecule has 1 aliphatic heterocycles. The second kappa shape index (κ2) is 7.50. The van der Waals surface area contributed by atoms with Gasteiger partial charge in [-0.05, 0) is 38.5 Å². The SMILES string of the molecule is COc1ccccc1NC(=O)N1CC[C@H](c2nc3ccncc3n2C(C)C)C1. The average molecular weight is 379 g/mol. The third-order valence-corrected chi connectivity index (χ3v) is 5.22. The molecule has 0 spiro atoms. The van der Waals surface area contributed by atoms with Crippen molar-refractivity contribution in [3.63, 3.8) is 0 Å². The van der Waals surface area contributed by atoms with Crippen molar-refractivity contribution in [2.75, 3.05) is 25.5 Å². The first kappa shape index (κ1) is 18.3. The largest absolute Gasteiger partial charge is 0.495 e. The summed E-state index contributed by atoms with van der Waals surface area (Å²) in [7, 11) is 1.60. The number of likely N-dealkylation sites (tertiary alicyclic amines) is 1. The van der Waals surface area contributed by atoms with Crippen LogP contribution in [-0.4, -0.2) is 45.7 Å². The van der Waals surface area contributed by atoms with Gasteiger partial charge in [0, 0.05) is 31.2 Å². The molecule has 0 unspecified atom stereocenters. The first-order valence-corrected chi connectivity index (χ1v) is 9.59. The highest BCUT2D eigenvalue weighted by molar-refractivity contribution is 5.91. The molecule has 1 fully saturated rings. The number of aromatic nitrogens is 3. The van der Waals surface area contributed by atoms with E-state index in [-0.39, 0.29) is 18.0 Å². The Balaban J connectivity index is 1.54. The number of ether oxygens (including phenoxy) is 1. The van der Waals surface area contributed by atoms with Gasteiger partial charge in [-0.3, -0.25) is 4.98 Å². The van der Waals surface area contributed by atoms with Crippen LogP contribution in [0.15, 0.2) is 42.7 Å². The highest BCUT2D eigenvalue weighted by Gasteiger charge is 2.31. The van der Waals surface area contributed by atoms with Crippen molar-refractivity contribution in [1.29, 1.82) is 0 Å². The topological polar surface area (TPSA) is 72.3 Å². The molecule has 2 amide bonds. The highest BCUT2D eigenvalue weighted by Crippen LogP contribution is 2.32. The molecule has 4 rings (SSSR count). The summed E-state index contributed by atoms with van der Waals surface area (Å²) >= 11 is 0. The first-order chi connectivity index (χ1) is 13.6. The van der Waals surface area contributed by atoms with E-state index >= 15 is 0 Å². The van der Waals surface area contributed by atoms with Gasteiger partial charge in [0.2, 0.25) is 0 Å². The van der Waals surface area contributed by atoms with Crippen LogP contribution in [0, 0.1) is 0 Å². The summed E-state index contributed by atoms with van der Waals surface area (Å²) in [6.45, 7) is 5.65. The number of anilines is 1. The van der Waals surface area contributed by atoms with E-state index in [0.717, 1.165) is 23.3 Å². The summed E-state index contributed by atoms with van der Waals surface area (Å²) in [5, 5.41) is 2.96. The van der Waals surface area contributed by atoms with Gasteiger partial charge >= 0.3 is 6.03 Å². The fourth-order valence-corrected chi connectivity index (χ4v) is 3.89. The van der Waals surface area contributed by atoms with Crippen LogP contribution in [0.25, 0.3) is 11.0 Å². The molecule has 0 saturated carbocycles. The van der Waals surface area contributed by atoms with Crippen LogP contribution in [0.3, 0.4) is 0 Å². The Hall–Kier alpha value is -3.09. The number of pyridine rings is 1. The zero-order valence-electron chi connectivity index (χ0n) is 16.4.